The van der Waals surface area contributed by atoms with Crippen molar-refractivity contribution in [2.75, 3.05) is 26.3 Å². The molecule has 186 valence electrons. The molecule has 0 aromatic heterocycles. The quantitative estimate of drug-likeness (QED) is 0.322. The molecule has 1 saturated carbocycles. The van der Waals surface area contributed by atoms with Crippen LogP contribution in [0.4, 0.5) is 0 Å². The molecule has 37 heavy (non-hydrogen) atoms. The molecule has 4 rings (SSSR count). The summed E-state index contributed by atoms with van der Waals surface area (Å²) in [5.74, 6) is 1.74. The summed E-state index contributed by atoms with van der Waals surface area (Å²) >= 11 is 0. The largest absolute Gasteiger partial charge is 0.398 e. The van der Waals surface area contributed by atoms with Crippen LogP contribution in [0.3, 0.4) is 0 Å². The fourth-order valence-corrected chi connectivity index (χ4v) is 5.36. The number of nitrogens with two attached hydrogens (primary N) is 3. The Kier molecular flexibility index (Phi) is 9.98. The molecule has 2 atom stereocenters. The van der Waals surface area contributed by atoms with E-state index in [4.69, 9.17) is 61.2 Å². The summed E-state index contributed by atoms with van der Waals surface area (Å²) in [6, 6.07) is 6.52. The number of hydrogen-bond acceptors (Lipinski definition) is 6. The van der Waals surface area contributed by atoms with Gasteiger partial charge in [-0.15, -0.1) is 0 Å². The Hall–Kier alpha value is -2.19. The molecule has 2 saturated heterocycles. The van der Waals surface area contributed by atoms with Crippen LogP contribution in [0.25, 0.3) is 5.70 Å². The highest BCUT2D eigenvalue weighted by molar-refractivity contribution is 6.60. The van der Waals surface area contributed by atoms with E-state index in [1.54, 1.807) is 24.3 Å². The third-order valence-corrected chi connectivity index (χ3v) is 7.39. The van der Waals surface area contributed by atoms with Gasteiger partial charge in [-0.2, -0.15) is 0 Å². The summed E-state index contributed by atoms with van der Waals surface area (Å²) in [6.45, 7) is 3.88. The van der Waals surface area contributed by atoms with Gasteiger partial charge in [0.1, 0.15) is 0 Å². The predicted molar refractivity (Wildman–Crippen MR) is 153 cm³/mol. The van der Waals surface area contributed by atoms with Crippen molar-refractivity contribution in [2.24, 2.45) is 35.0 Å². The first kappa shape index (κ1) is 29.4. The molecule has 0 spiro atoms. The number of ether oxygens (including phenoxy) is 1. The van der Waals surface area contributed by atoms with Crippen molar-refractivity contribution in [2.45, 2.75) is 42.7 Å². The smallest absolute Gasteiger partial charge is 0.249 e. The molecule has 2 heterocycles. The molecule has 3 fully saturated rings. The van der Waals surface area contributed by atoms with Crippen LogP contribution >= 0.6 is 0 Å². The lowest BCUT2D eigenvalue weighted by Crippen LogP contribution is -2.55. The molecule has 7 N–H and O–H groups in total. The van der Waals surface area contributed by atoms with Gasteiger partial charge < -0.3 is 32.2 Å². The fraction of sp³-hybridized carbons (Fsp3) is 0.560. The van der Waals surface area contributed by atoms with Crippen LogP contribution in [0.15, 0.2) is 42.2 Å². The standard InChI is InChI=1S/C13H21B2NO.C12H13B3N4O/c14-13(15,12-4-6-17-7-5-12)16-8-10-2-1-3-11(10)9-16;13-12(14,15)19-11(20)8-3-1-2-7(6-8)9(16)4-5-10(17)18/h10-12H,1-9H2;1-6H,16-18H2,(H,19,20)/b;9-4-. The van der Waals surface area contributed by atoms with Crippen molar-refractivity contribution in [1.29, 1.82) is 0 Å². The molecule has 1 amide bonds. The van der Waals surface area contributed by atoms with Crippen LogP contribution in [0.5, 0.6) is 0 Å². The van der Waals surface area contributed by atoms with Crippen molar-refractivity contribution in [3.05, 3.63) is 53.4 Å². The number of fused-ring (bicyclic) bond motifs is 1. The Labute approximate surface area is 227 Å². The van der Waals surface area contributed by atoms with Gasteiger partial charge in [0, 0.05) is 37.6 Å². The summed E-state index contributed by atoms with van der Waals surface area (Å²) in [5, 5.41) is -0.156. The third-order valence-electron chi connectivity index (χ3n) is 7.39. The van der Waals surface area contributed by atoms with Gasteiger partial charge in [-0.3, -0.25) is 4.79 Å². The highest BCUT2D eigenvalue weighted by Gasteiger charge is 2.43. The Morgan fingerprint density at radius 3 is 2.11 bits per heavy atom. The zero-order valence-electron chi connectivity index (χ0n) is 21.4. The second kappa shape index (κ2) is 12.6. The number of amides is 1. The Balaban J connectivity index is 0.000000207. The minimum Gasteiger partial charge on any atom is -0.398 e. The highest BCUT2D eigenvalue weighted by atomic mass is 16.5. The molecule has 3 aliphatic rings. The second-order valence-corrected chi connectivity index (χ2v) is 10.4. The van der Waals surface area contributed by atoms with Gasteiger partial charge in [0.25, 0.3) is 0 Å². The van der Waals surface area contributed by atoms with Crippen LogP contribution < -0.4 is 22.5 Å². The summed E-state index contributed by atoms with van der Waals surface area (Å²) in [7, 11) is 28.8. The van der Waals surface area contributed by atoms with Gasteiger partial charge in [-0.05, 0) is 73.3 Å². The molecule has 10 radical (unpaired) electrons. The number of allylic oxidation sites excluding steroid dienone is 2. The maximum atomic E-state index is 11.8. The molecular formula is C25H34B5N5O2. The van der Waals surface area contributed by atoms with E-state index in [2.05, 4.69) is 10.2 Å². The Bertz CT molecular complexity index is 976. The number of nitrogens with one attached hydrogen (secondary N) is 1. The first-order chi connectivity index (χ1) is 17.4. The van der Waals surface area contributed by atoms with E-state index in [1.165, 1.54) is 31.4 Å². The van der Waals surface area contributed by atoms with Crippen molar-refractivity contribution in [1.82, 2.24) is 10.2 Å². The number of likely N-dealkylation sites (tertiary alicyclic amines) is 1. The first-order valence-electron chi connectivity index (χ1n) is 12.8. The topological polar surface area (TPSA) is 120 Å². The highest BCUT2D eigenvalue weighted by Crippen LogP contribution is 2.41. The van der Waals surface area contributed by atoms with Gasteiger partial charge in [0.05, 0.1) is 45.1 Å². The monoisotopic (exact) mass is 491 g/mol. The second-order valence-electron chi connectivity index (χ2n) is 10.4. The zero-order valence-corrected chi connectivity index (χ0v) is 21.4. The van der Waals surface area contributed by atoms with E-state index < -0.39 is 16.5 Å². The fourth-order valence-electron chi connectivity index (χ4n) is 5.36. The maximum Gasteiger partial charge on any atom is 0.249 e. The average molecular weight is 491 g/mol. The minimum atomic E-state index is -1.79. The molecule has 2 unspecified atom stereocenters. The lowest BCUT2D eigenvalue weighted by Gasteiger charge is -2.45. The van der Waals surface area contributed by atoms with E-state index in [-0.39, 0.29) is 5.82 Å². The van der Waals surface area contributed by atoms with Crippen molar-refractivity contribution in [3.63, 3.8) is 0 Å². The number of benzene rings is 1. The summed E-state index contributed by atoms with van der Waals surface area (Å²) in [4.78, 5) is 14.2. The van der Waals surface area contributed by atoms with E-state index in [0.717, 1.165) is 51.0 Å². The van der Waals surface area contributed by atoms with Crippen LogP contribution in [-0.4, -0.2) is 86.9 Å². The minimum absolute atomic E-state index is 0.126. The van der Waals surface area contributed by atoms with Gasteiger partial charge in [0.2, 0.25) is 5.91 Å². The van der Waals surface area contributed by atoms with Crippen LogP contribution in [0.1, 0.15) is 48.0 Å². The normalized spacial score (nSPS) is 23.0. The molecule has 7 nitrogen and oxygen atoms in total. The predicted octanol–water partition coefficient (Wildman–Crippen LogP) is -0.273. The van der Waals surface area contributed by atoms with Gasteiger partial charge in [0.15, 0.2) is 0 Å². The number of hydrogen-bond donors (Lipinski definition) is 4. The van der Waals surface area contributed by atoms with Crippen LogP contribution in [0, 0.1) is 17.8 Å². The molecule has 12 heteroatoms. The summed E-state index contributed by atoms with van der Waals surface area (Å²) < 4.78 is 5.40. The number of nitrogens with zero attached hydrogens (tertiary/aromatic N) is 1. The van der Waals surface area contributed by atoms with E-state index in [1.807, 2.05) is 0 Å². The molecule has 2 aliphatic heterocycles. The van der Waals surface area contributed by atoms with Crippen molar-refractivity contribution < 1.29 is 9.53 Å². The maximum absolute atomic E-state index is 11.8. The number of rotatable bonds is 6. The average Bonchev–Trinajstić information content (AvgIpc) is 3.46. The molecular weight excluding hydrogens is 456 g/mol. The molecule has 1 aromatic carbocycles. The Morgan fingerprint density at radius 1 is 0.946 bits per heavy atom. The first-order valence-corrected chi connectivity index (χ1v) is 12.8. The Morgan fingerprint density at radius 2 is 1.54 bits per heavy atom. The number of carbonyl (C=O) groups excluding carboxylic acids is 1. The lowest BCUT2D eigenvalue weighted by atomic mass is 9.49. The molecule has 1 aromatic rings. The molecule has 0 bridgehead atoms. The van der Waals surface area contributed by atoms with Gasteiger partial charge >= 0.3 is 0 Å². The molecule has 1 aliphatic carbocycles. The lowest BCUT2D eigenvalue weighted by molar-refractivity contribution is 0.0375. The SMILES string of the molecule is [B]C([B])(C1CCOCC1)N1CC2CCCC2C1.[B]C([B])([B])NC(=O)c1cccc(/C(N)=C/C=C(N)N)c1. The van der Waals surface area contributed by atoms with Crippen molar-refractivity contribution >= 4 is 50.8 Å². The summed E-state index contributed by atoms with van der Waals surface area (Å²) in [6.07, 6.45) is 9.18. The zero-order chi connectivity index (χ0) is 27.2. The van der Waals surface area contributed by atoms with Crippen LogP contribution in [0.2, 0.25) is 0 Å². The van der Waals surface area contributed by atoms with E-state index in [9.17, 15) is 4.79 Å². The van der Waals surface area contributed by atoms with Crippen molar-refractivity contribution in [3.8, 4) is 0 Å². The van der Waals surface area contributed by atoms with Gasteiger partial charge in [-0.25, -0.2) is 0 Å². The van der Waals surface area contributed by atoms with Gasteiger partial charge in [-0.1, -0.05) is 29.1 Å². The van der Waals surface area contributed by atoms with Crippen LogP contribution in [-0.2, 0) is 4.74 Å². The number of carbonyl (C=O) groups is 1. The van der Waals surface area contributed by atoms with E-state index in [0.29, 0.717) is 22.7 Å². The van der Waals surface area contributed by atoms with E-state index >= 15 is 0 Å². The third kappa shape index (κ3) is 8.40. The summed E-state index contributed by atoms with van der Waals surface area (Å²) in [5.41, 5.74) is 17.8.